The van der Waals surface area contributed by atoms with Crippen molar-refractivity contribution in [2.24, 2.45) is 0 Å². The summed E-state index contributed by atoms with van der Waals surface area (Å²) in [6.07, 6.45) is 2.35. The summed E-state index contributed by atoms with van der Waals surface area (Å²) in [6, 6.07) is 7.38. The zero-order valence-electron chi connectivity index (χ0n) is 11.5. The zero-order chi connectivity index (χ0) is 14.8. The maximum Gasteiger partial charge on any atom is 0.252 e. The lowest BCUT2D eigenvalue weighted by Gasteiger charge is -2.36. The van der Waals surface area contributed by atoms with Crippen LogP contribution in [0.5, 0.6) is 0 Å². The van der Waals surface area contributed by atoms with E-state index in [9.17, 15) is 15.0 Å². The molecule has 0 bridgehead atoms. The van der Waals surface area contributed by atoms with Gasteiger partial charge in [-0.25, -0.2) is 0 Å². The van der Waals surface area contributed by atoms with Crippen molar-refractivity contribution in [2.45, 2.75) is 43.8 Å². The highest BCUT2D eigenvalue weighted by Crippen LogP contribution is 2.32. The molecule has 4 nitrogen and oxygen atoms in total. The Morgan fingerprint density at radius 1 is 1.40 bits per heavy atom. The fraction of sp³-hybridized carbons (Fsp3) is 0.533. The maximum absolute atomic E-state index is 11.9. The van der Waals surface area contributed by atoms with E-state index in [1.54, 1.807) is 0 Å². The number of hydrogen-bond donors (Lipinski definition) is 3. The largest absolute Gasteiger partial charge is 0.383 e. The minimum absolute atomic E-state index is 0.103. The molecule has 2 rings (SSSR count). The number of carbonyl (C=O) groups is 1. The second-order valence-corrected chi connectivity index (χ2v) is 6.38. The van der Waals surface area contributed by atoms with Gasteiger partial charge in [-0.2, -0.15) is 0 Å². The van der Waals surface area contributed by atoms with E-state index in [-0.39, 0.29) is 12.5 Å². The van der Waals surface area contributed by atoms with Crippen molar-refractivity contribution in [3.63, 3.8) is 0 Å². The van der Waals surface area contributed by atoms with Crippen molar-refractivity contribution >= 4 is 21.8 Å². The molecular formula is C15H20BrNO3. The van der Waals surface area contributed by atoms with Crippen LogP contribution in [0, 0.1) is 0 Å². The van der Waals surface area contributed by atoms with Gasteiger partial charge in [-0.05, 0) is 43.4 Å². The molecule has 1 saturated carbocycles. The van der Waals surface area contributed by atoms with Crippen molar-refractivity contribution in [1.29, 1.82) is 0 Å². The maximum atomic E-state index is 11.9. The summed E-state index contributed by atoms with van der Waals surface area (Å²) in [5.74, 6) is -0.382. The number of rotatable bonds is 5. The molecule has 5 heteroatoms. The van der Waals surface area contributed by atoms with Crippen molar-refractivity contribution < 1.29 is 15.0 Å². The Morgan fingerprint density at radius 3 is 2.45 bits per heavy atom. The Morgan fingerprint density at radius 2 is 2.00 bits per heavy atom. The number of aliphatic hydroxyl groups is 2. The van der Waals surface area contributed by atoms with Gasteiger partial charge in [-0.15, -0.1) is 0 Å². The average Bonchev–Trinajstić information content (AvgIpc) is 2.42. The molecule has 0 spiro atoms. The van der Waals surface area contributed by atoms with Crippen molar-refractivity contribution in [3.8, 4) is 0 Å². The molecule has 1 amide bonds. The monoisotopic (exact) mass is 341 g/mol. The van der Waals surface area contributed by atoms with Crippen LogP contribution in [-0.2, 0) is 10.4 Å². The summed E-state index contributed by atoms with van der Waals surface area (Å²) in [6.45, 7) is 1.97. The minimum Gasteiger partial charge on any atom is -0.383 e. The molecular weight excluding hydrogens is 322 g/mol. The summed E-state index contributed by atoms with van der Waals surface area (Å²) < 4.78 is 0.938. The first-order valence-corrected chi connectivity index (χ1v) is 7.68. The molecule has 110 valence electrons. The number of hydrogen-bond acceptors (Lipinski definition) is 3. The first-order valence-electron chi connectivity index (χ1n) is 6.89. The van der Waals surface area contributed by atoms with Crippen LogP contribution in [-0.4, -0.2) is 28.3 Å². The minimum atomic E-state index is -1.23. The van der Waals surface area contributed by atoms with Crippen molar-refractivity contribution in [1.82, 2.24) is 5.32 Å². The normalized spacial score (nSPS) is 19.8. The van der Waals surface area contributed by atoms with Gasteiger partial charge in [0.15, 0.2) is 0 Å². The Balaban J connectivity index is 2.04. The first-order chi connectivity index (χ1) is 9.39. The smallest absolute Gasteiger partial charge is 0.252 e. The molecule has 1 aromatic carbocycles. The topological polar surface area (TPSA) is 69.6 Å². The molecule has 1 aromatic rings. The van der Waals surface area contributed by atoms with Crippen LogP contribution in [0.25, 0.3) is 0 Å². The summed E-state index contributed by atoms with van der Waals surface area (Å²) in [4.78, 5) is 11.9. The Hall–Kier alpha value is -0.910. The SMILES string of the molecule is CC[C@@](O)(CNC(=O)C1(O)CCC1)c1ccc(Br)cc1. The molecule has 1 fully saturated rings. The Kier molecular flexibility index (Phi) is 4.52. The molecule has 0 saturated heterocycles. The van der Waals surface area contributed by atoms with E-state index >= 15 is 0 Å². The summed E-state index contributed by atoms with van der Waals surface area (Å²) >= 11 is 3.35. The van der Waals surface area contributed by atoms with Crippen LogP contribution in [0.3, 0.4) is 0 Å². The van der Waals surface area contributed by atoms with Crippen molar-refractivity contribution in [3.05, 3.63) is 34.3 Å². The van der Waals surface area contributed by atoms with Crippen LogP contribution in [0.15, 0.2) is 28.7 Å². The van der Waals surface area contributed by atoms with Gasteiger partial charge < -0.3 is 15.5 Å². The van der Waals surface area contributed by atoms with Crippen LogP contribution in [0.4, 0.5) is 0 Å². The van der Waals surface area contributed by atoms with Gasteiger partial charge in [0, 0.05) is 4.47 Å². The summed E-state index contributed by atoms with van der Waals surface area (Å²) in [7, 11) is 0. The fourth-order valence-corrected chi connectivity index (χ4v) is 2.59. The molecule has 20 heavy (non-hydrogen) atoms. The lowest BCUT2D eigenvalue weighted by Crippen LogP contribution is -2.54. The van der Waals surface area contributed by atoms with E-state index < -0.39 is 11.2 Å². The first kappa shape index (κ1) is 15.5. The quantitative estimate of drug-likeness (QED) is 0.767. The Bertz CT molecular complexity index is 484. The average molecular weight is 342 g/mol. The van der Waals surface area contributed by atoms with Gasteiger partial charge in [0.2, 0.25) is 0 Å². The molecule has 0 radical (unpaired) electrons. The number of carbonyl (C=O) groups excluding carboxylic acids is 1. The number of halogens is 1. The molecule has 1 aliphatic carbocycles. The number of nitrogens with one attached hydrogen (secondary N) is 1. The Labute approximate surface area is 127 Å². The predicted octanol–water partition coefficient (Wildman–Crippen LogP) is 2.08. The van der Waals surface area contributed by atoms with Crippen molar-refractivity contribution in [2.75, 3.05) is 6.54 Å². The van der Waals surface area contributed by atoms with Crippen LogP contribution < -0.4 is 5.32 Å². The summed E-state index contributed by atoms with van der Waals surface area (Å²) in [5.41, 5.74) is -1.59. The highest BCUT2D eigenvalue weighted by atomic mass is 79.9. The molecule has 1 aliphatic rings. The third kappa shape index (κ3) is 3.05. The predicted molar refractivity (Wildman–Crippen MR) is 80.1 cm³/mol. The van der Waals surface area contributed by atoms with Gasteiger partial charge in [0.05, 0.1) is 6.54 Å². The van der Waals surface area contributed by atoms with Gasteiger partial charge >= 0.3 is 0 Å². The fourth-order valence-electron chi connectivity index (χ4n) is 2.32. The van der Waals surface area contributed by atoms with E-state index in [1.165, 1.54) is 0 Å². The second kappa shape index (κ2) is 5.84. The molecule has 0 aliphatic heterocycles. The molecule has 0 heterocycles. The lowest BCUT2D eigenvalue weighted by molar-refractivity contribution is -0.149. The van der Waals surface area contributed by atoms with Gasteiger partial charge in [-0.1, -0.05) is 35.0 Å². The zero-order valence-corrected chi connectivity index (χ0v) is 13.1. The van der Waals surface area contributed by atoms with Crippen LogP contribution in [0.1, 0.15) is 38.2 Å². The van der Waals surface area contributed by atoms with Crippen LogP contribution >= 0.6 is 15.9 Å². The van der Waals surface area contributed by atoms with E-state index in [4.69, 9.17) is 0 Å². The van der Waals surface area contributed by atoms with Gasteiger partial charge in [0.25, 0.3) is 5.91 Å². The molecule has 0 unspecified atom stereocenters. The molecule has 3 N–H and O–H groups in total. The molecule has 0 aromatic heterocycles. The van der Waals surface area contributed by atoms with Crippen LogP contribution in [0.2, 0.25) is 0 Å². The van der Waals surface area contributed by atoms with E-state index in [1.807, 2.05) is 31.2 Å². The standard InChI is InChI=1S/C15H20BrNO3/c1-2-14(19,11-4-6-12(16)7-5-11)10-17-13(18)15(20)8-3-9-15/h4-7,19-20H,2-3,8-10H2,1H3,(H,17,18)/t14-/m1/s1. The third-order valence-corrected chi connectivity index (χ3v) is 4.64. The summed E-state index contributed by atoms with van der Waals surface area (Å²) in [5, 5.41) is 23.3. The van der Waals surface area contributed by atoms with E-state index in [0.717, 1.165) is 16.5 Å². The molecule has 1 atom stereocenters. The lowest BCUT2D eigenvalue weighted by atomic mass is 9.79. The number of benzene rings is 1. The van der Waals surface area contributed by atoms with E-state index in [0.29, 0.717) is 19.3 Å². The highest BCUT2D eigenvalue weighted by molar-refractivity contribution is 9.10. The third-order valence-electron chi connectivity index (χ3n) is 4.11. The highest BCUT2D eigenvalue weighted by Gasteiger charge is 2.42. The number of amides is 1. The van der Waals surface area contributed by atoms with E-state index in [2.05, 4.69) is 21.2 Å². The second-order valence-electron chi connectivity index (χ2n) is 5.46. The van der Waals surface area contributed by atoms with Gasteiger partial charge in [-0.3, -0.25) is 4.79 Å². The van der Waals surface area contributed by atoms with Gasteiger partial charge in [0.1, 0.15) is 11.2 Å².